The van der Waals surface area contributed by atoms with Gasteiger partial charge in [-0.25, -0.2) is 0 Å². The fourth-order valence-corrected chi connectivity index (χ4v) is 3.95. The van der Waals surface area contributed by atoms with Gasteiger partial charge in [-0.3, -0.25) is 9.59 Å². The molecule has 1 aromatic heterocycles. The van der Waals surface area contributed by atoms with Crippen LogP contribution in [0.4, 0.5) is 0 Å². The van der Waals surface area contributed by atoms with Crippen molar-refractivity contribution in [2.75, 3.05) is 0 Å². The summed E-state index contributed by atoms with van der Waals surface area (Å²) in [6.45, 7) is 7.25. The Morgan fingerprint density at radius 3 is 2.47 bits per heavy atom. The number of hydrogen-bond donors (Lipinski definition) is 1. The second-order valence-corrected chi connectivity index (χ2v) is 9.85. The monoisotopic (exact) mass is 490 g/mol. The van der Waals surface area contributed by atoms with Crippen molar-refractivity contribution in [2.24, 2.45) is 11.1 Å². The molecule has 1 aliphatic rings. The number of oxime groups is 1. The van der Waals surface area contributed by atoms with Gasteiger partial charge in [0.1, 0.15) is 12.2 Å². The molecule has 1 aliphatic carbocycles. The van der Waals surface area contributed by atoms with Crippen molar-refractivity contribution < 1.29 is 28.8 Å². The van der Waals surface area contributed by atoms with Gasteiger partial charge in [0.05, 0.1) is 5.69 Å². The molecule has 3 rings (SSSR count). The van der Waals surface area contributed by atoms with Crippen LogP contribution in [-0.4, -0.2) is 33.1 Å². The molecule has 1 N–H and O–H groups in total. The van der Waals surface area contributed by atoms with Crippen LogP contribution in [0.2, 0.25) is 0 Å². The molecule has 1 aromatic carbocycles. The van der Waals surface area contributed by atoms with Crippen molar-refractivity contribution in [3.63, 3.8) is 0 Å². The molecule has 0 aliphatic heterocycles. The van der Waals surface area contributed by atoms with Gasteiger partial charge in [-0.05, 0) is 57.9 Å². The topological polar surface area (TPSA) is 111 Å². The predicted octanol–water partition coefficient (Wildman–Crippen LogP) is 5.51. The SMILES string of the molecule is CCC(C[C@H](C(=O)OCc1ccccc1)C(=O)OC(C)(C)C)c1noc(C(Cl)=NO)c1C1CC1. The van der Waals surface area contributed by atoms with Crippen LogP contribution >= 0.6 is 11.6 Å². The zero-order valence-corrected chi connectivity index (χ0v) is 20.7. The molecule has 0 saturated heterocycles. The number of ether oxygens (including phenoxy) is 2. The predicted molar refractivity (Wildman–Crippen MR) is 126 cm³/mol. The maximum absolute atomic E-state index is 13.1. The molecule has 8 nitrogen and oxygen atoms in total. The van der Waals surface area contributed by atoms with Gasteiger partial charge in [-0.1, -0.05) is 59.2 Å². The van der Waals surface area contributed by atoms with Crippen molar-refractivity contribution in [2.45, 2.75) is 77.4 Å². The first kappa shape index (κ1) is 25.7. The van der Waals surface area contributed by atoms with E-state index in [0.29, 0.717) is 12.1 Å². The summed E-state index contributed by atoms with van der Waals surface area (Å²) in [6.07, 6.45) is 2.59. The van der Waals surface area contributed by atoms with Crippen molar-refractivity contribution in [1.82, 2.24) is 5.16 Å². The minimum absolute atomic E-state index is 0.0553. The summed E-state index contributed by atoms with van der Waals surface area (Å²) in [4.78, 5) is 26.1. The number of hydrogen-bond acceptors (Lipinski definition) is 8. The van der Waals surface area contributed by atoms with E-state index in [1.54, 1.807) is 20.8 Å². The van der Waals surface area contributed by atoms with Crippen molar-refractivity contribution in [3.05, 3.63) is 52.9 Å². The Kier molecular flexibility index (Phi) is 8.36. The maximum atomic E-state index is 13.1. The molecular formula is C25H31ClN2O6. The van der Waals surface area contributed by atoms with Gasteiger partial charge in [0, 0.05) is 11.5 Å². The first-order valence-corrected chi connectivity index (χ1v) is 11.8. The van der Waals surface area contributed by atoms with E-state index in [2.05, 4.69) is 10.3 Å². The summed E-state index contributed by atoms with van der Waals surface area (Å²) in [5.74, 6) is -2.31. The number of benzene rings is 1. The van der Waals surface area contributed by atoms with E-state index >= 15 is 0 Å². The second-order valence-electron chi connectivity index (χ2n) is 9.50. The fraction of sp³-hybridized carbons (Fsp3) is 0.520. The Balaban J connectivity index is 1.86. The zero-order chi connectivity index (χ0) is 24.9. The molecule has 0 radical (unpaired) electrons. The molecular weight excluding hydrogens is 460 g/mol. The normalized spacial score (nSPS) is 16.1. The molecule has 0 amide bonds. The quantitative estimate of drug-likeness (QED) is 0.153. The Hall–Kier alpha value is -2.87. The van der Waals surface area contributed by atoms with Gasteiger partial charge >= 0.3 is 11.9 Å². The fourth-order valence-electron chi connectivity index (χ4n) is 3.81. The highest BCUT2D eigenvalue weighted by atomic mass is 35.5. The van der Waals surface area contributed by atoms with E-state index in [-0.39, 0.29) is 35.8 Å². The van der Waals surface area contributed by atoms with Gasteiger partial charge in [-0.2, -0.15) is 0 Å². The van der Waals surface area contributed by atoms with Crippen molar-refractivity contribution >= 4 is 28.7 Å². The number of rotatable bonds is 10. The number of carbonyl (C=O) groups excluding carboxylic acids is 2. The average molecular weight is 491 g/mol. The maximum Gasteiger partial charge on any atom is 0.320 e. The number of nitrogens with zero attached hydrogens (tertiary/aromatic N) is 2. The third-order valence-corrected chi connectivity index (χ3v) is 5.86. The molecule has 1 heterocycles. The largest absolute Gasteiger partial charge is 0.460 e. The van der Waals surface area contributed by atoms with Gasteiger partial charge in [0.15, 0.2) is 5.92 Å². The highest BCUT2D eigenvalue weighted by molar-refractivity contribution is 6.69. The zero-order valence-electron chi connectivity index (χ0n) is 19.9. The van der Waals surface area contributed by atoms with Crippen LogP contribution < -0.4 is 0 Å². The first-order chi connectivity index (χ1) is 16.1. The second kappa shape index (κ2) is 11.0. The van der Waals surface area contributed by atoms with E-state index in [4.69, 9.17) is 30.8 Å². The Bertz CT molecular complexity index is 1020. The molecule has 1 fully saturated rings. The van der Waals surface area contributed by atoms with Crippen LogP contribution in [-0.2, 0) is 25.7 Å². The lowest BCUT2D eigenvalue weighted by Crippen LogP contribution is -2.34. The number of carbonyl (C=O) groups is 2. The lowest BCUT2D eigenvalue weighted by molar-refractivity contribution is -0.170. The standard InChI is InChI=1S/C25H31ClN2O6/c1-5-16(20-19(17-11-12-17)21(34-28-20)22(26)27-31)13-18(24(30)33-25(2,3)4)23(29)32-14-15-9-7-6-8-10-15/h6-10,16-18,31H,5,11-14H2,1-4H3/t16?,18-/m1/s1. The summed E-state index contributed by atoms with van der Waals surface area (Å²) >= 11 is 6.03. The smallest absolute Gasteiger partial charge is 0.320 e. The Morgan fingerprint density at radius 2 is 1.91 bits per heavy atom. The van der Waals surface area contributed by atoms with Crippen LogP contribution in [0, 0.1) is 5.92 Å². The van der Waals surface area contributed by atoms with E-state index in [9.17, 15) is 9.59 Å². The third kappa shape index (κ3) is 6.59. The molecule has 1 unspecified atom stereocenters. The minimum Gasteiger partial charge on any atom is -0.460 e. The average Bonchev–Trinajstić information content (AvgIpc) is 3.55. The summed E-state index contributed by atoms with van der Waals surface area (Å²) in [5, 5.41) is 16.2. The van der Waals surface area contributed by atoms with Crippen LogP contribution in [0.25, 0.3) is 0 Å². The Morgan fingerprint density at radius 1 is 1.24 bits per heavy atom. The molecule has 1 saturated carbocycles. The van der Waals surface area contributed by atoms with Gasteiger partial charge < -0.3 is 19.2 Å². The van der Waals surface area contributed by atoms with Crippen molar-refractivity contribution in [1.29, 1.82) is 0 Å². The summed E-state index contributed by atoms with van der Waals surface area (Å²) in [7, 11) is 0. The molecule has 9 heteroatoms. The van der Waals surface area contributed by atoms with Crippen molar-refractivity contribution in [3.8, 4) is 0 Å². The van der Waals surface area contributed by atoms with Gasteiger partial charge in [0.2, 0.25) is 10.9 Å². The van der Waals surface area contributed by atoms with E-state index in [1.165, 1.54) is 0 Å². The van der Waals surface area contributed by atoms with Gasteiger partial charge in [-0.15, -0.1) is 0 Å². The van der Waals surface area contributed by atoms with Crippen LogP contribution in [0.3, 0.4) is 0 Å². The highest BCUT2D eigenvalue weighted by Gasteiger charge is 2.40. The highest BCUT2D eigenvalue weighted by Crippen LogP contribution is 2.46. The van der Waals surface area contributed by atoms with Crippen LogP contribution in [0.5, 0.6) is 0 Å². The lowest BCUT2D eigenvalue weighted by Gasteiger charge is -2.25. The van der Waals surface area contributed by atoms with Crippen LogP contribution in [0.1, 0.15) is 87.8 Å². The third-order valence-electron chi connectivity index (χ3n) is 5.62. The molecule has 34 heavy (non-hydrogen) atoms. The molecule has 2 atom stereocenters. The molecule has 0 bridgehead atoms. The first-order valence-electron chi connectivity index (χ1n) is 11.4. The molecule has 2 aromatic rings. The summed E-state index contributed by atoms with van der Waals surface area (Å²) < 4.78 is 16.5. The van der Waals surface area contributed by atoms with Crippen LogP contribution in [0.15, 0.2) is 40.0 Å². The van der Waals surface area contributed by atoms with E-state index in [1.807, 2.05) is 37.3 Å². The summed E-state index contributed by atoms with van der Waals surface area (Å²) in [6, 6.07) is 9.26. The van der Waals surface area contributed by atoms with E-state index in [0.717, 1.165) is 24.0 Å². The number of esters is 2. The van der Waals surface area contributed by atoms with E-state index < -0.39 is 23.5 Å². The number of aromatic nitrogens is 1. The van der Waals surface area contributed by atoms with Gasteiger partial charge in [0.25, 0.3) is 0 Å². The molecule has 184 valence electrons. The molecule has 0 spiro atoms. The number of halogens is 1. The lowest BCUT2D eigenvalue weighted by atomic mass is 9.86. The Labute approximate surface area is 204 Å². The summed E-state index contributed by atoms with van der Waals surface area (Å²) in [5.41, 5.74) is 1.45. The minimum atomic E-state index is -1.14.